The molecule has 0 saturated heterocycles. The number of ether oxygens (including phenoxy) is 1. The molecule has 1 N–H and O–H groups in total. The van der Waals surface area contributed by atoms with Crippen molar-refractivity contribution in [2.24, 2.45) is 0 Å². The lowest BCUT2D eigenvalue weighted by Crippen LogP contribution is -2.34. The summed E-state index contributed by atoms with van der Waals surface area (Å²) in [6, 6.07) is 7.31. The van der Waals surface area contributed by atoms with E-state index >= 15 is 0 Å². The third-order valence-corrected chi connectivity index (χ3v) is 4.44. The molecule has 2 aromatic rings. The summed E-state index contributed by atoms with van der Waals surface area (Å²) in [4.78, 5) is -0.580. The van der Waals surface area contributed by atoms with Crippen molar-refractivity contribution >= 4 is 10.0 Å². The maximum atomic E-state index is 12.4. The van der Waals surface area contributed by atoms with Crippen molar-refractivity contribution in [3.63, 3.8) is 0 Å². The first-order valence-corrected chi connectivity index (χ1v) is 8.05. The molecule has 0 bridgehead atoms. The number of hydrogen-bond donors (Lipinski definition) is 1. The van der Waals surface area contributed by atoms with Gasteiger partial charge in [0.25, 0.3) is 0 Å². The lowest BCUT2D eigenvalue weighted by molar-refractivity contribution is -0.275. The van der Waals surface area contributed by atoms with Crippen LogP contribution in [0.4, 0.5) is 13.2 Å². The van der Waals surface area contributed by atoms with Crippen molar-refractivity contribution in [3.8, 4) is 5.75 Å². The van der Waals surface area contributed by atoms with E-state index in [0.29, 0.717) is 5.76 Å². The highest BCUT2D eigenvalue weighted by Gasteiger charge is 2.34. The van der Waals surface area contributed by atoms with Crippen molar-refractivity contribution in [2.75, 3.05) is 0 Å². The van der Waals surface area contributed by atoms with Gasteiger partial charge in [0.1, 0.15) is 16.4 Å². The fourth-order valence-electron chi connectivity index (χ4n) is 1.98. The summed E-state index contributed by atoms with van der Waals surface area (Å²) in [5.41, 5.74) is 0. The van der Waals surface area contributed by atoms with Gasteiger partial charge in [0, 0.05) is 12.5 Å². The molecule has 1 heterocycles. The van der Waals surface area contributed by atoms with Crippen molar-refractivity contribution in [3.05, 3.63) is 48.4 Å². The van der Waals surface area contributed by atoms with Gasteiger partial charge < -0.3 is 9.15 Å². The number of hydrogen-bond acceptors (Lipinski definition) is 4. The van der Waals surface area contributed by atoms with Gasteiger partial charge >= 0.3 is 6.36 Å². The molecule has 9 heteroatoms. The summed E-state index contributed by atoms with van der Waals surface area (Å²) >= 11 is 0. The maximum Gasteiger partial charge on any atom is 0.573 e. The molecule has 0 fully saturated rings. The van der Waals surface area contributed by atoms with Crippen molar-refractivity contribution < 1.29 is 30.7 Å². The van der Waals surface area contributed by atoms with Crippen LogP contribution in [0.2, 0.25) is 0 Å². The Morgan fingerprint density at radius 3 is 2.52 bits per heavy atom. The van der Waals surface area contributed by atoms with Gasteiger partial charge in [-0.3, -0.25) is 0 Å². The predicted octanol–water partition coefficient (Wildman–Crippen LogP) is 3.09. The van der Waals surface area contributed by atoms with Crippen molar-refractivity contribution in [1.82, 2.24) is 4.72 Å². The van der Waals surface area contributed by atoms with Gasteiger partial charge in [-0.05, 0) is 31.2 Å². The van der Waals surface area contributed by atoms with Crippen LogP contribution in [0.3, 0.4) is 0 Å². The first-order valence-electron chi connectivity index (χ1n) is 6.57. The molecule has 0 radical (unpaired) electrons. The molecule has 0 amide bonds. The molecule has 5 nitrogen and oxygen atoms in total. The topological polar surface area (TPSA) is 68.5 Å². The molecular formula is C14H14F3NO4S. The Morgan fingerprint density at radius 2 is 1.91 bits per heavy atom. The Balaban J connectivity index is 2.19. The Kier molecular flexibility index (Phi) is 5.00. The molecule has 23 heavy (non-hydrogen) atoms. The number of sulfonamides is 1. The number of rotatable bonds is 6. The van der Waals surface area contributed by atoms with Gasteiger partial charge in [-0.25, -0.2) is 13.1 Å². The summed E-state index contributed by atoms with van der Waals surface area (Å²) in [5.74, 6) is -0.224. The minimum absolute atomic E-state index is 0.258. The molecule has 0 aliphatic rings. The van der Waals surface area contributed by atoms with E-state index in [2.05, 4.69) is 9.46 Å². The number of alkyl halides is 3. The van der Waals surface area contributed by atoms with Gasteiger partial charge in [-0.1, -0.05) is 12.1 Å². The monoisotopic (exact) mass is 349 g/mol. The fourth-order valence-corrected chi connectivity index (χ4v) is 3.35. The molecule has 0 unspecified atom stereocenters. The molecule has 1 atom stereocenters. The Hall–Kier alpha value is -2.00. The second-order valence-electron chi connectivity index (χ2n) is 4.80. The summed E-state index contributed by atoms with van der Waals surface area (Å²) in [7, 11) is -4.18. The molecule has 0 saturated carbocycles. The minimum Gasteiger partial charge on any atom is -0.469 e. The second kappa shape index (κ2) is 6.63. The minimum atomic E-state index is -4.98. The number of nitrogens with one attached hydrogen (secondary N) is 1. The highest BCUT2D eigenvalue weighted by molar-refractivity contribution is 7.89. The van der Waals surface area contributed by atoms with Gasteiger partial charge in [0.2, 0.25) is 10.0 Å². The first-order chi connectivity index (χ1) is 10.7. The van der Waals surface area contributed by atoms with Gasteiger partial charge in [0.05, 0.1) is 6.26 Å². The molecule has 126 valence electrons. The van der Waals surface area contributed by atoms with Crippen LogP contribution in [-0.4, -0.2) is 20.8 Å². The van der Waals surface area contributed by atoms with Crippen LogP contribution in [0.1, 0.15) is 12.7 Å². The summed E-state index contributed by atoms with van der Waals surface area (Å²) in [6.45, 7) is 1.58. The van der Waals surface area contributed by atoms with E-state index in [-0.39, 0.29) is 6.42 Å². The standard InChI is InChI=1S/C14H14F3NO4S/c1-10(9-11-5-4-8-21-11)18-23(19,20)13-7-3-2-6-12(13)22-14(15,16)17/h2-8,10,18H,9H2,1H3/t10-/m1/s1. The van der Waals surface area contributed by atoms with Gasteiger partial charge in [-0.15, -0.1) is 13.2 Å². The normalized spacial score (nSPS) is 13.7. The van der Waals surface area contributed by atoms with Gasteiger partial charge in [-0.2, -0.15) is 0 Å². The smallest absolute Gasteiger partial charge is 0.469 e. The van der Waals surface area contributed by atoms with Crippen LogP contribution in [0.15, 0.2) is 52.0 Å². The lowest BCUT2D eigenvalue weighted by Gasteiger charge is -2.16. The Bertz CT molecular complexity index is 742. The zero-order chi connectivity index (χ0) is 17.1. The highest BCUT2D eigenvalue weighted by atomic mass is 32.2. The molecule has 2 rings (SSSR count). The largest absolute Gasteiger partial charge is 0.573 e. The molecule has 1 aromatic carbocycles. The van der Waals surface area contributed by atoms with Crippen LogP contribution >= 0.6 is 0 Å². The molecule has 0 aliphatic heterocycles. The third kappa shape index (κ3) is 5.00. The number of furan rings is 1. The van der Waals surface area contributed by atoms with E-state index in [1.165, 1.54) is 18.4 Å². The molecule has 0 aliphatic carbocycles. The number of benzene rings is 1. The van der Waals surface area contributed by atoms with E-state index < -0.39 is 33.1 Å². The van der Waals surface area contributed by atoms with Crippen LogP contribution < -0.4 is 9.46 Å². The highest BCUT2D eigenvalue weighted by Crippen LogP contribution is 2.29. The molecule has 0 spiro atoms. The summed E-state index contributed by atoms with van der Waals surface area (Å²) < 4.78 is 72.9. The van der Waals surface area contributed by atoms with E-state index in [0.717, 1.165) is 12.1 Å². The van der Waals surface area contributed by atoms with Gasteiger partial charge in [0.15, 0.2) is 0 Å². The third-order valence-electron chi connectivity index (χ3n) is 2.81. The average molecular weight is 349 g/mol. The first kappa shape index (κ1) is 17.4. The number of halogens is 3. The van der Waals surface area contributed by atoms with E-state index in [1.807, 2.05) is 0 Å². The zero-order valence-corrected chi connectivity index (χ0v) is 12.8. The van der Waals surface area contributed by atoms with Crippen molar-refractivity contribution in [1.29, 1.82) is 0 Å². The predicted molar refractivity (Wildman–Crippen MR) is 75.3 cm³/mol. The van der Waals surface area contributed by atoms with E-state index in [1.54, 1.807) is 19.1 Å². The van der Waals surface area contributed by atoms with Crippen LogP contribution in [0, 0.1) is 0 Å². The molecular weight excluding hydrogens is 335 g/mol. The Morgan fingerprint density at radius 1 is 1.22 bits per heavy atom. The molecule has 1 aromatic heterocycles. The Labute approximate surface area is 131 Å². The van der Waals surface area contributed by atoms with E-state index in [4.69, 9.17) is 4.42 Å². The van der Waals surface area contributed by atoms with Crippen LogP contribution in [0.25, 0.3) is 0 Å². The van der Waals surface area contributed by atoms with Crippen LogP contribution in [0.5, 0.6) is 5.75 Å². The second-order valence-corrected chi connectivity index (χ2v) is 6.48. The summed E-state index contributed by atoms with van der Waals surface area (Å²) in [6.07, 6.45) is -3.27. The van der Waals surface area contributed by atoms with Crippen molar-refractivity contribution in [2.45, 2.75) is 30.6 Å². The SMILES string of the molecule is C[C@H](Cc1ccco1)NS(=O)(=O)c1ccccc1OC(F)(F)F. The summed E-state index contributed by atoms with van der Waals surface area (Å²) in [5, 5.41) is 0. The average Bonchev–Trinajstić information content (AvgIpc) is 2.89. The quantitative estimate of drug-likeness (QED) is 0.870. The zero-order valence-electron chi connectivity index (χ0n) is 12.0. The fraction of sp³-hybridized carbons (Fsp3) is 0.286. The number of para-hydroxylation sites is 1. The lowest BCUT2D eigenvalue weighted by atomic mass is 10.2. The van der Waals surface area contributed by atoms with Crippen LogP contribution in [-0.2, 0) is 16.4 Å². The maximum absolute atomic E-state index is 12.4. The van der Waals surface area contributed by atoms with E-state index in [9.17, 15) is 21.6 Å².